The van der Waals surface area contributed by atoms with Crippen molar-refractivity contribution in [3.8, 4) is 0 Å². The predicted octanol–water partition coefficient (Wildman–Crippen LogP) is 4.05. The van der Waals surface area contributed by atoms with Crippen LogP contribution in [0.15, 0.2) is 36.4 Å². The third kappa shape index (κ3) is 4.43. The number of likely N-dealkylation sites (tertiary alicyclic amines) is 1. The third-order valence-corrected chi connectivity index (χ3v) is 6.22. The molecule has 1 fully saturated rings. The Labute approximate surface area is 170 Å². The Balaban J connectivity index is 1.32. The van der Waals surface area contributed by atoms with Crippen LogP contribution in [-0.2, 0) is 11.2 Å². The van der Waals surface area contributed by atoms with E-state index in [1.807, 2.05) is 48.2 Å². The van der Waals surface area contributed by atoms with Crippen LogP contribution in [0.4, 0.5) is 14.6 Å². The number of anilines is 1. The lowest BCUT2D eigenvalue weighted by Crippen LogP contribution is -2.46. The van der Waals surface area contributed by atoms with Gasteiger partial charge in [0.2, 0.25) is 5.91 Å². The fourth-order valence-electron chi connectivity index (χ4n) is 4.61. The Bertz CT molecular complexity index is 831. The standard InChI is InChI=1S/C22H28F2N4O/c1-15-13-20-25-18(14-19(22(23)24)28(20)26-15)17-9-11-27(12-10-17)21(29)8-7-16-5-3-2-4-6-16/h2-6,13,17-19,22,25H,7-12,14H2,1H3/t18-,19+/m0/s1. The summed E-state index contributed by atoms with van der Waals surface area (Å²) in [6.07, 6.45) is 0.900. The van der Waals surface area contributed by atoms with E-state index in [2.05, 4.69) is 10.4 Å². The van der Waals surface area contributed by atoms with Gasteiger partial charge in [-0.3, -0.25) is 4.79 Å². The van der Waals surface area contributed by atoms with Crippen molar-refractivity contribution in [1.82, 2.24) is 14.7 Å². The molecule has 3 heterocycles. The van der Waals surface area contributed by atoms with Gasteiger partial charge in [-0.05, 0) is 44.1 Å². The number of hydrogen-bond acceptors (Lipinski definition) is 3. The molecule has 1 aromatic carbocycles. The molecule has 7 heteroatoms. The molecule has 2 atom stereocenters. The van der Waals surface area contributed by atoms with Crippen molar-refractivity contribution in [2.45, 2.75) is 57.5 Å². The fraction of sp³-hybridized carbons (Fsp3) is 0.545. The van der Waals surface area contributed by atoms with Gasteiger partial charge in [-0.15, -0.1) is 0 Å². The van der Waals surface area contributed by atoms with Gasteiger partial charge in [0.15, 0.2) is 0 Å². The molecule has 1 saturated heterocycles. The second kappa shape index (κ2) is 8.51. The van der Waals surface area contributed by atoms with Crippen molar-refractivity contribution >= 4 is 11.7 Å². The molecular weight excluding hydrogens is 374 g/mol. The fourth-order valence-corrected chi connectivity index (χ4v) is 4.61. The number of nitrogens with one attached hydrogen (secondary N) is 1. The second-order valence-corrected chi connectivity index (χ2v) is 8.21. The van der Waals surface area contributed by atoms with Crippen LogP contribution in [0.2, 0.25) is 0 Å². The summed E-state index contributed by atoms with van der Waals surface area (Å²) in [5.41, 5.74) is 1.92. The maximum atomic E-state index is 13.6. The van der Waals surface area contributed by atoms with E-state index in [1.165, 1.54) is 10.2 Å². The van der Waals surface area contributed by atoms with Crippen molar-refractivity contribution in [1.29, 1.82) is 0 Å². The van der Waals surface area contributed by atoms with E-state index in [0.717, 1.165) is 25.0 Å². The lowest BCUT2D eigenvalue weighted by Gasteiger charge is -2.40. The number of rotatable bonds is 5. The molecule has 4 rings (SSSR count). The number of carbonyl (C=O) groups excluding carboxylic acids is 1. The highest BCUT2D eigenvalue weighted by Gasteiger charge is 2.38. The number of aromatic nitrogens is 2. The highest BCUT2D eigenvalue weighted by atomic mass is 19.3. The lowest BCUT2D eigenvalue weighted by atomic mass is 9.85. The molecule has 156 valence electrons. The van der Waals surface area contributed by atoms with Crippen LogP contribution in [0.25, 0.3) is 0 Å². The van der Waals surface area contributed by atoms with Gasteiger partial charge in [-0.25, -0.2) is 13.5 Å². The van der Waals surface area contributed by atoms with Gasteiger partial charge in [-0.1, -0.05) is 30.3 Å². The molecule has 0 aliphatic carbocycles. The summed E-state index contributed by atoms with van der Waals surface area (Å²) < 4.78 is 28.6. The molecule has 2 aliphatic rings. The largest absolute Gasteiger partial charge is 0.367 e. The van der Waals surface area contributed by atoms with E-state index in [-0.39, 0.29) is 11.9 Å². The van der Waals surface area contributed by atoms with Crippen LogP contribution in [-0.4, -0.2) is 46.1 Å². The number of carbonyl (C=O) groups is 1. The van der Waals surface area contributed by atoms with Gasteiger partial charge in [0, 0.05) is 31.6 Å². The van der Waals surface area contributed by atoms with E-state index in [1.54, 1.807) is 0 Å². The zero-order chi connectivity index (χ0) is 20.4. The van der Waals surface area contributed by atoms with Crippen molar-refractivity contribution < 1.29 is 13.6 Å². The molecule has 0 bridgehead atoms. The summed E-state index contributed by atoms with van der Waals surface area (Å²) in [6.45, 7) is 3.23. The lowest BCUT2D eigenvalue weighted by molar-refractivity contribution is -0.132. The summed E-state index contributed by atoms with van der Waals surface area (Å²) in [6, 6.07) is 11.0. The maximum absolute atomic E-state index is 13.6. The molecule has 0 unspecified atom stereocenters. The van der Waals surface area contributed by atoms with Crippen molar-refractivity contribution in [2.24, 2.45) is 5.92 Å². The molecule has 1 amide bonds. The Morgan fingerprint density at radius 1 is 1.24 bits per heavy atom. The molecule has 0 saturated carbocycles. The number of halogens is 2. The summed E-state index contributed by atoms with van der Waals surface area (Å²) in [5, 5.41) is 7.66. The zero-order valence-corrected chi connectivity index (χ0v) is 16.7. The van der Waals surface area contributed by atoms with Gasteiger partial charge in [-0.2, -0.15) is 5.10 Å². The van der Waals surface area contributed by atoms with Crippen molar-refractivity contribution in [3.63, 3.8) is 0 Å². The number of hydrogen-bond donors (Lipinski definition) is 1. The van der Waals surface area contributed by atoms with E-state index in [4.69, 9.17) is 0 Å². The van der Waals surface area contributed by atoms with Gasteiger partial charge in [0.1, 0.15) is 11.9 Å². The average Bonchev–Trinajstić information content (AvgIpc) is 3.12. The normalized spacial score (nSPS) is 22.4. The Hall–Kier alpha value is -2.44. The molecule has 1 aromatic heterocycles. The highest BCUT2D eigenvalue weighted by molar-refractivity contribution is 5.76. The molecule has 29 heavy (non-hydrogen) atoms. The third-order valence-electron chi connectivity index (χ3n) is 6.22. The Morgan fingerprint density at radius 3 is 2.66 bits per heavy atom. The first-order chi connectivity index (χ1) is 14.0. The predicted molar refractivity (Wildman–Crippen MR) is 108 cm³/mol. The van der Waals surface area contributed by atoms with E-state index in [9.17, 15) is 13.6 Å². The first-order valence-corrected chi connectivity index (χ1v) is 10.4. The minimum atomic E-state index is -2.43. The van der Waals surface area contributed by atoms with E-state index >= 15 is 0 Å². The van der Waals surface area contributed by atoms with Gasteiger partial charge in [0.25, 0.3) is 6.43 Å². The first kappa shape index (κ1) is 19.9. The first-order valence-electron chi connectivity index (χ1n) is 10.4. The quantitative estimate of drug-likeness (QED) is 0.821. The molecule has 0 radical (unpaired) electrons. The number of nitrogens with zero attached hydrogens (tertiary/aromatic N) is 3. The number of alkyl halides is 2. The average molecular weight is 402 g/mol. The van der Waals surface area contributed by atoms with Gasteiger partial charge < -0.3 is 10.2 Å². The van der Waals surface area contributed by atoms with Crippen LogP contribution >= 0.6 is 0 Å². The van der Waals surface area contributed by atoms with Crippen LogP contribution in [0.1, 0.15) is 43.0 Å². The number of benzene rings is 1. The molecular formula is C22H28F2N4O. The summed E-state index contributed by atoms with van der Waals surface area (Å²) in [7, 11) is 0. The molecule has 2 aliphatic heterocycles. The molecule has 2 aromatic rings. The van der Waals surface area contributed by atoms with Gasteiger partial charge >= 0.3 is 0 Å². The monoisotopic (exact) mass is 402 g/mol. The topological polar surface area (TPSA) is 50.2 Å². The highest BCUT2D eigenvalue weighted by Crippen LogP contribution is 2.36. The minimum absolute atomic E-state index is 0.000768. The number of amides is 1. The molecule has 1 N–H and O–H groups in total. The number of fused-ring (bicyclic) bond motifs is 1. The van der Waals surface area contributed by atoms with Gasteiger partial charge in [0.05, 0.1) is 5.69 Å². The summed E-state index contributed by atoms with van der Waals surface area (Å²) >= 11 is 0. The van der Waals surface area contributed by atoms with Crippen LogP contribution in [0, 0.1) is 12.8 Å². The SMILES string of the molecule is Cc1cc2n(n1)[C@@H](C(F)F)C[C@@H](C1CCN(C(=O)CCc3ccccc3)CC1)N2. The number of aryl methyl sites for hydroxylation is 2. The van der Waals surface area contributed by atoms with Crippen molar-refractivity contribution in [2.75, 3.05) is 18.4 Å². The minimum Gasteiger partial charge on any atom is -0.367 e. The number of piperidine rings is 1. The van der Waals surface area contributed by atoms with Crippen LogP contribution < -0.4 is 5.32 Å². The maximum Gasteiger partial charge on any atom is 0.260 e. The Morgan fingerprint density at radius 2 is 1.97 bits per heavy atom. The van der Waals surface area contributed by atoms with E-state index < -0.39 is 12.5 Å². The van der Waals surface area contributed by atoms with E-state index in [0.29, 0.717) is 37.7 Å². The smallest absolute Gasteiger partial charge is 0.260 e. The van der Waals surface area contributed by atoms with Crippen molar-refractivity contribution in [3.05, 3.63) is 47.7 Å². The zero-order valence-electron chi connectivity index (χ0n) is 16.7. The second-order valence-electron chi connectivity index (χ2n) is 8.21. The van der Waals surface area contributed by atoms with Crippen LogP contribution in [0.5, 0.6) is 0 Å². The molecule has 0 spiro atoms. The molecule has 5 nitrogen and oxygen atoms in total. The summed E-state index contributed by atoms with van der Waals surface area (Å²) in [5.74, 6) is 1.16. The van der Waals surface area contributed by atoms with Crippen LogP contribution in [0.3, 0.4) is 0 Å². The Kier molecular flexibility index (Phi) is 5.83. The summed E-state index contributed by atoms with van der Waals surface area (Å²) in [4.78, 5) is 14.5.